The number of benzene rings is 2. The maximum atomic E-state index is 12.9. The molecule has 8 heteroatoms. The Kier molecular flexibility index (Phi) is 5.34. The number of thiazole rings is 1. The topological polar surface area (TPSA) is 43.6 Å². The number of methoxy groups -OCH3 is 1. The molecule has 0 N–H and O–H groups in total. The fraction of sp³-hybridized carbons (Fsp3) is 0.158. The van der Waals surface area contributed by atoms with Crippen LogP contribution in [0.25, 0.3) is 20.3 Å². The molecule has 0 aliphatic carbocycles. The summed E-state index contributed by atoms with van der Waals surface area (Å²) < 4.78 is 9.06. The number of carbonyl (C=O) groups is 1. The van der Waals surface area contributed by atoms with Crippen LogP contribution in [0.2, 0.25) is 10.0 Å². The number of halogens is 2. The lowest BCUT2D eigenvalue weighted by Gasteiger charge is -2.05. The van der Waals surface area contributed by atoms with E-state index in [2.05, 4.69) is 4.99 Å². The van der Waals surface area contributed by atoms with Crippen molar-refractivity contribution in [3.63, 3.8) is 0 Å². The Balaban J connectivity index is 1.87. The minimum atomic E-state index is -0.352. The molecule has 0 spiro atoms. The second-order valence-corrected chi connectivity index (χ2v) is 8.62. The van der Waals surface area contributed by atoms with Crippen LogP contribution in [0.5, 0.6) is 0 Å². The lowest BCUT2D eigenvalue weighted by molar-refractivity contribution is 0.100. The van der Waals surface area contributed by atoms with Gasteiger partial charge in [0.25, 0.3) is 5.91 Å². The van der Waals surface area contributed by atoms with E-state index in [1.165, 1.54) is 22.7 Å². The second kappa shape index (κ2) is 7.73. The summed E-state index contributed by atoms with van der Waals surface area (Å²) >= 11 is 15.6. The third-order valence-corrected chi connectivity index (χ3v) is 7.11. The van der Waals surface area contributed by atoms with Crippen LogP contribution < -0.4 is 4.80 Å². The Labute approximate surface area is 173 Å². The van der Waals surface area contributed by atoms with Crippen LogP contribution in [-0.4, -0.2) is 24.2 Å². The van der Waals surface area contributed by atoms with Crippen LogP contribution in [0.1, 0.15) is 9.67 Å². The van der Waals surface area contributed by atoms with Crippen molar-refractivity contribution in [3.8, 4) is 0 Å². The number of aromatic nitrogens is 1. The lowest BCUT2D eigenvalue weighted by atomic mass is 10.2. The number of hydrogen-bond donors (Lipinski definition) is 0. The second-order valence-electron chi connectivity index (χ2n) is 5.77. The molecule has 4 aromatic rings. The van der Waals surface area contributed by atoms with Crippen molar-refractivity contribution in [1.29, 1.82) is 0 Å². The van der Waals surface area contributed by atoms with Crippen LogP contribution in [0.3, 0.4) is 0 Å². The quantitative estimate of drug-likeness (QED) is 0.417. The number of ether oxygens (including phenoxy) is 1. The summed E-state index contributed by atoms with van der Waals surface area (Å²) in [7, 11) is 1.63. The minimum Gasteiger partial charge on any atom is -0.383 e. The molecule has 27 heavy (non-hydrogen) atoms. The number of para-hydroxylation sites is 1. The molecule has 0 atom stereocenters. The van der Waals surface area contributed by atoms with Gasteiger partial charge in [0.1, 0.15) is 4.88 Å². The molecule has 4 rings (SSSR count). The molecule has 2 aromatic heterocycles. The van der Waals surface area contributed by atoms with Crippen LogP contribution in [-0.2, 0) is 11.3 Å². The number of amides is 1. The standard InChI is InChI=1S/C19H14Cl2N2O2S2/c1-25-10-9-23-16-12(20)6-4-8-14(16)27-19(23)22-18(24)17-15(21)11-5-2-3-7-13(11)26-17/h2-8H,9-10H2,1H3. The smallest absolute Gasteiger partial charge is 0.291 e. The third-order valence-electron chi connectivity index (χ3n) is 4.10. The predicted octanol–water partition coefficient (Wildman–Crippen LogP) is 5.61. The van der Waals surface area contributed by atoms with Gasteiger partial charge in [-0.2, -0.15) is 4.99 Å². The molecule has 0 saturated carbocycles. The number of carbonyl (C=O) groups excluding carboxylic acids is 1. The van der Waals surface area contributed by atoms with Gasteiger partial charge >= 0.3 is 0 Å². The van der Waals surface area contributed by atoms with Gasteiger partial charge in [0.05, 0.1) is 26.9 Å². The molecule has 2 aromatic carbocycles. The molecule has 138 valence electrons. The van der Waals surface area contributed by atoms with Crippen molar-refractivity contribution < 1.29 is 9.53 Å². The summed E-state index contributed by atoms with van der Waals surface area (Å²) in [6.07, 6.45) is 0. The van der Waals surface area contributed by atoms with Gasteiger partial charge in [-0.3, -0.25) is 4.79 Å². The van der Waals surface area contributed by atoms with Crippen molar-refractivity contribution in [2.45, 2.75) is 6.54 Å². The van der Waals surface area contributed by atoms with E-state index in [1.54, 1.807) is 7.11 Å². The number of rotatable bonds is 4. The highest BCUT2D eigenvalue weighted by atomic mass is 35.5. The molecule has 0 bridgehead atoms. The predicted molar refractivity (Wildman–Crippen MR) is 113 cm³/mol. The molecule has 1 amide bonds. The van der Waals surface area contributed by atoms with Crippen molar-refractivity contribution >= 4 is 72.1 Å². The third kappa shape index (κ3) is 3.44. The first-order valence-corrected chi connectivity index (χ1v) is 10.5. The Bertz CT molecular complexity index is 1220. The highest BCUT2D eigenvalue weighted by Crippen LogP contribution is 2.35. The van der Waals surface area contributed by atoms with E-state index in [-0.39, 0.29) is 5.91 Å². The molecule has 2 heterocycles. The van der Waals surface area contributed by atoms with E-state index in [0.717, 1.165) is 20.3 Å². The highest BCUT2D eigenvalue weighted by Gasteiger charge is 2.17. The van der Waals surface area contributed by atoms with E-state index in [4.69, 9.17) is 27.9 Å². The maximum Gasteiger partial charge on any atom is 0.291 e. The van der Waals surface area contributed by atoms with Crippen LogP contribution >= 0.6 is 45.9 Å². The maximum absolute atomic E-state index is 12.9. The number of thiophene rings is 1. The van der Waals surface area contributed by atoms with Crippen LogP contribution in [0, 0.1) is 0 Å². The zero-order chi connectivity index (χ0) is 19.0. The molecule has 4 nitrogen and oxygen atoms in total. The summed E-state index contributed by atoms with van der Waals surface area (Å²) in [6, 6.07) is 13.4. The first-order chi connectivity index (χ1) is 13.1. The Morgan fingerprint density at radius 1 is 1.11 bits per heavy atom. The molecule has 0 unspecified atom stereocenters. The van der Waals surface area contributed by atoms with Gasteiger partial charge < -0.3 is 9.30 Å². The minimum absolute atomic E-state index is 0.352. The van der Waals surface area contributed by atoms with E-state index >= 15 is 0 Å². The SMILES string of the molecule is COCCn1c(=NC(=O)c2sc3ccccc3c2Cl)sc2cccc(Cl)c21. The fourth-order valence-electron chi connectivity index (χ4n) is 2.85. The summed E-state index contributed by atoms with van der Waals surface area (Å²) in [4.78, 5) is 18.3. The van der Waals surface area contributed by atoms with Gasteiger partial charge in [-0.1, -0.05) is 58.8 Å². The van der Waals surface area contributed by atoms with Gasteiger partial charge in [-0.05, 0) is 18.2 Å². The zero-order valence-electron chi connectivity index (χ0n) is 14.2. The van der Waals surface area contributed by atoms with Crippen molar-refractivity contribution in [2.24, 2.45) is 4.99 Å². The monoisotopic (exact) mass is 436 g/mol. The van der Waals surface area contributed by atoms with E-state index in [1.807, 2.05) is 47.0 Å². The largest absolute Gasteiger partial charge is 0.383 e. The Hall–Kier alpha value is -1.70. The Morgan fingerprint density at radius 3 is 2.67 bits per heavy atom. The lowest BCUT2D eigenvalue weighted by Crippen LogP contribution is -2.19. The van der Waals surface area contributed by atoms with Crippen molar-refractivity contribution in [3.05, 3.63) is 62.2 Å². The van der Waals surface area contributed by atoms with Crippen molar-refractivity contribution in [2.75, 3.05) is 13.7 Å². The normalized spacial score (nSPS) is 12.3. The Morgan fingerprint density at radius 2 is 1.89 bits per heavy atom. The summed E-state index contributed by atoms with van der Waals surface area (Å²) in [5, 5.41) is 1.94. The van der Waals surface area contributed by atoms with E-state index in [9.17, 15) is 4.79 Å². The first kappa shape index (κ1) is 18.7. The molecule has 0 fully saturated rings. The summed E-state index contributed by atoms with van der Waals surface area (Å²) in [5.41, 5.74) is 0.857. The molecule has 0 aliphatic rings. The fourth-order valence-corrected chi connectivity index (χ4v) is 5.66. The average Bonchev–Trinajstić information content (AvgIpc) is 3.19. The van der Waals surface area contributed by atoms with Gasteiger partial charge in [0.2, 0.25) is 0 Å². The van der Waals surface area contributed by atoms with E-state index < -0.39 is 0 Å². The summed E-state index contributed by atoms with van der Waals surface area (Å²) in [6.45, 7) is 1.04. The number of hydrogen-bond acceptors (Lipinski definition) is 4. The number of nitrogens with zero attached hydrogens (tertiary/aromatic N) is 2. The molecular weight excluding hydrogens is 423 g/mol. The molecule has 0 radical (unpaired) electrons. The van der Waals surface area contributed by atoms with Crippen molar-refractivity contribution in [1.82, 2.24) is 4.57 Å². The highest BCUT2D eigenvalue weighted by molar-refractivity contribution is 7.21. The van der Waals surface area contributed by atoms with Gasteiger partial charge in [-0.15, -0.1) is 11.3 Å². The van der Waals surface area contributed by atoms with Gasteiger partial charge in [0, 0.05) is 23.7 Å². The number of fused-ring (bicyclic) bond motifs is 2. The van der Waals surface area contributed by atoms with Crippen LogP contribution in [0.4, 0.5) is 0 Å². The van der Waals surface area contributed by atoms with Gasteiger partial charge in [0.15, 0.2) is 4.80 Å². The average molecular weight is 437 g/mol. The van der Waals surface area contributed by atoms with Gasteiger partial charge in [-0.25, -0.2) is 0 Å². The molecule has 0 aliphatic heterocycles. The van der Waals surface area contributed by atoms with Crippen LogP contribution in [0.15, 0.2) is 47.5 Å². The zero-order valence-corrected chi connectivity index (χ0v) is 17.4. The first-order valence-electron chi connectivity index (χ1n) is 8.13. The molecule has 0 saturated heterocycles. The summed E-state index contributed by atoms with van der Waals surface area (Å²) in [5.74, 6) is -0.352. The molecular formula is C19H14Cl2N2O2S2. The van der Waals surface area contributed by atoms with E-state index in [0.29, 0.717) is 32.9 Å².